The predicted octanol–water partition coefficient (Wildman–Crippen LogP) is 2.87. The second-order valence-corrected chi connectivity index (χ2v) is 5.85. The van der Waals surface area contributed by atoms with Crippen LogP contribution in [0.3, 0.4) is 0 Å². The maximum absolute atomic E-state index is 9.71. The fourth-order valence-electron chi connectivity index (χ4n) is 2.46. The smallest absolute Gasteiger partial charge is 0.225 e. The highest BCUT2D eigenvalue weighted by atomic mass is 79.9. The zero-order chi connectivity index (χ0) is 13.9. The Morgan fingerprint density at radius 3 is 2.65 bits per heavy atom. The Morgan fingerprint density at radius 1 is 1.20 bits per heavy atom. The predicted molar refractivity (Wildman–Crippen MR) is 82.6 cm³/mol. The van der Waals surface area contributed by atoms with E-state index < -0.39 is 0 Å². The minimum absolute atomic E-state index is 0.268. The van der Waals surface area contributed by atoms with Crippen LogP contribution in [0.2, 0.25) is 0 Å². The van der Waals surface area contributed by atoms with E-state index in [0.29, 0.717) is 12.5 Å². The van der Waals surface area contributed by atoms with Gasteiger partial charge in [0.15, 0.2) is 0 Å². The van der Waals surface area contributed by atoms with Crippen LogP contribution in [-0.4, -0.2) is 34.3 Å². The number of aliphatic hydroxyl groups is 1. The number of hydrogen-bond donors (Lipinski definition) is 1. The molecule has 0 aliphatic carbocycles. The van der Waals surface area contributed by atoms with E-state index in [0.717, 1.165) is 35.0 Å². The van der Waals surface area contributed by atoms with Gasteiger partial charge in [-0.2, -0.15) is 0 Å². The summed E-state index contributed by atoms with van der Waals surface area (Å²) in [4.78, 5) is 10.9. The third-order valence-electron chi connectivity index (χ3n) is 3.50. The van der Waals surface area contributed by atoms with Crippen LogP contribution in [0.5, 0.6) is 0 Å². The molecule has 0 spiro atoms. The Balaban J connectivity index is 1.83. The first-order valence-corrected chi connectivity index (χ1v) is 7.53. The van der Waals surface area contributed by atoms with Crippen LogP contribution in [0, 0.1) is 0 Å². The fourth-order valence-corrected chi connectivity index (χ4v) is 2.97. The summed E-state index contributed by atoms with van der Waals surface area (Å²) in [5.74, 6) is 0.694. The molecule has 1 aromatic carbocycles. The monoisotopic (exact) mass is 333 g/mol. The van der Waals surface area contributed by atoms with Gasteiger partial charge in [0.1, 0.15) is 0 Å². The van der Waals surface area contributed by atoms with Gasteiger partial charge >= 0.3 is 0 Å². The maximum Gasteiger partial charge on any atom is 0.225 e. The van der Waals surface area contributed by atoms with Crippen LogP contribution < -0.4 is 4.90 Å². The highest BCUT2D eigenvalue weighted by molar-refractivity contribution is 9.10. The molecule has 20 heavy (non-hydrogen) atoms. The van der Waals surface area contributed by atoms with Crippen molar-refractivity contribution >= 4 is 21.9 Å². The molecule has 4 nitrogen and oxygen atoms in total. The van der Waals surface area contributed by atoms with Crippen LogP contribution in [0.25, 0.3) is 11.1 Å². The molecule has 3 rings (SSSR count). The Morgan fingerprint density at radius 2 is 1.95 bits per heavy atom. The second-order valence-electron chi connectivity index (χ2n) is 4.99. The van der Waals surface area contributed by atoms with Crippen LogP contribution in [-0.2, 0) is 0 Å². The van der Waals surface area contributed by atoms with Crippen molar-refractivity contribution in [1.29, 1.82) is 0 Å². The van der Waals surface area contributed by atoms with E-state index >= 15 is 0 Å². The number of halogens is 1. The minimum atomic E-state index is -0.268. The van der Waals surface area contributed by atoms with Gasteiger partial charge in [-0.05, 0) is 24.5 Å². The van der Waals surface area contributed by atoms with Crippen molar-refractivity contribution in [2.45, 2.75) is 18.9 Å². The molecular weight excluding hydrogens is 318 g/mol. The Labute approximate surface area is 126 Å². The zero-order valence-electron chi connectivity index (χ0n) is 11.0. The molecule has 2 heterocycles. The molecular formula is C15H16BrN3O. The van der Waals surface area contributed by atoms with Gasteiger partial charge in [-0.3, -0.25) is 0 Å². The van der Waals surface area contributed by atoms with Gasteiger partial charge in [0.05, 0.1) is 6.10 Å². The molecule has 1 fully saturated rings. The Bertz CT molecular complexity index is 588. The SMILES string of the molecule is OC1CCCN(c2ncc(-c3ccccc3Br)cn2)C1. The molecule has 1 unspecified atom stereocenters. The maximum atomic E-state index is 9.71. The summed E-state index contributed by atoms with van der Waals surface area (Å²) < 4.78 is 1.03. The molecule has 0 amide bonds. The molecule has 2 aromatic rings. The van der Waals surface area contributed by atoms with Crippen molar-refractivity contribution in [3.05, 3.63) is 41.1 Å². The minimum Gasteiger partial charge on any atom is -0.391 e. The Hall–Kier alpha value is -1.46. The van der Waals surface area contributed by atoms with Gasteiger partial charge in [-0.15, -0.1) is 0 Å². The van der Waals surface area contributed by atoms with Crippen molar-refractivity contribution in [2.75, 3.05) is 18.0 Å². The van der Waals surface area contributed by atoms with E-state index in [1.54, 1.807) is 0 Å². The van der Waals surface area contributed by atoms with Gasteiger partial charge in [-0.25, -0.2) is 9.97 Å². The first-order valence-electron chi connectivity index (χ1n) is 6.74. The lowest BCUT2D eigenvalue weighted by atomic mass is 10.1. The topological polar surface area (TPSA) is 49.2 Å². The highest BCUT2D eigenvalue weighted by Crippen LogP contribution is 2.27. The van der Waals surface area contributed by atoms with Gasteiger partial charge < -0.3 is 10.0 Å². The van der Waals surface area contributed by atoms with Crippen molar-refractivity contribution in [3.63, 3.8) is 0 Å². The van der Waals surface area contributed by atoms with Crippen molar-refractivity contribution in [1.82, 2.24) is 9.97 Å². The Kier molecular flexibility index (Phi) is 3.98. The summed E-state index contributed by atoms with van der Waals surface area (Å²) in [5, 5.41) is 9.71. The average molecular weight is 334 g/mol. The number of aliphatic hydroxyl groups excluding tert-OH is 1. The number of β-amino-alcohol motifs (C(OH)–C–C–N with tert-alkyl or cyclic N) is 1. The van der Waals surface area contributed by atoms with Crippen molar-refractivity contribution < 1.29 is 5.11 Å². The van der Waals surface area contributed by atoms with Gasteiger partial charge in [0.25, 0.3) is 0 Å². The summed E-state index contributed by atoms with van der Waals surface area (Å²) in [6.07, 6.45) is 5.25. The fraction of sp³-hybridized carbons (Fsp3) is 0.333. The van der Waals surface area contributed by atoms with E-state index in [-0.39, 0.29) is 6.10 Å². The summed E-state index contributed by atoms with van der Waals surface area (Å²) in [6, 6.07) is 8.02. The van der Waals surface area contributed by atoms with Crippen LogP contribution >= 0.6 is 15.9 Å². The molecule has 0 radical (unpaired) electrons. The molecule has 0 bridgehead atoms. The number of rotatable bonds is 2. The third-order valence-corrected chi connectivity index (χ3v) is 4.19. The molecule has 1 saturated heterocycles. The third kappa shape index (κ3) is 2.83. The summed E-state index contributed by atoms with van der Waals surface area (Å²) in [6.45, 7) is 1.53. The lowest BCUT2D eigenvalue weighted by Gasteiger charge is -2.29. The molecule has 1 aliphatic heterocycles. The first kappa shape index (κ1) is 13.5. The molecule has 5 heteroatoms. The van der Waals surface area contributed by atoms with E-state index in [4.69, 9.17) is 0 Å². The summed E-state index contributed by atoms with van der Waals surface area (Å²) >= 11 is 3.54. The molecule has 104 valence electrons. The quantitative estimate of drug-likeness (QED) is 0.918. The number of piperidine rings is 1. The van der Waals surface area contributed by atoms with Crippen LogP contribution in [0.15, 0.2) is 41.1 Å². The molecule has 1 aliphatic rings. The van der Waals surface area contributed by atoms with Crippen molar-refractivity contribution in [3.8, 4) is 11.1 Å². The van der Waals surface area contributed by atoms with E-state index in [2.05, 4.69) is 25.9 Å². The number of nitrogens with zero attached hydrogens (tertiary/aromatic N) is 3. The van der Waals surface area contributed by atoms with Gasteiger partial charge in [0.2, 0.25) is 5.95 Å². The normalized spacial score (nSPS) is 19.1. The average Bonchev–Trinajstić information content (AvgIpc) is 2.48. The number of hydrogen-bond acceptors (Lipinski definition) is 4. The largest absolute Gasteiger partial charge is 0.391 e. The zero-order valence-corrected chi connectivity index (χ0v) is 12.6. The molecule has 0 saturated carbocycles. The lowest BCUT2D eigenvalue weighted by Crippen LogP contribution is -2.39. The van der Waals surface area contributed by atoms with Crippen LogP contribution in [0.4, 0.5) is 5.95 Å². The van der Waals surface area contributed by atoms with Gasteiger partial charge in [0, 0.05) is 35.5 Å². The molecule has 1 atom stereocenters. The van der Waals surface area contributed by atoms with Gasteiger partial charge in [-0.1, -0.05) is 34.1 Å². The van der Waals surface area contributed by atoms with Crippen molar-refractivity contribution in [2.24, 2.45) is 0 Å². The lowest BCUT2D eigenvalue weighted by molar-refractivity contribution is 0.153. The van der Waals surface area contributed by atoms with E-state index in [1.165, 1.54) is 0 Å². The van der Waals surface area contributed by atoms with E-state index in [9.17, 15) is 5.11 Å². The first-order chi connectivity index (χ1) is 9.74. The number of benzene rings is 1. The molecule has 1 aromatic heterocycles. The summed E-state index contributed by atoms with van der Waals surface area (Å²) in [5.41, 5.74) is 2.07. The number of anilines is 1. The molecule has 1 N–H and O–H groups in total. The standard InChI is InChI=1S/C15H16BrN3O/c16-14-6-2-1-5-13(14)11-8-17-15(18-9-11)19-7-3-4-12(20)10-19/h1-2,5-6,8-9,12,20H,3-4,7,10H2. The summed E-state index contributed by atoms with van der Waals surface area (Å²) in [7, 11) is 0. The van der Waals surface area contributed by atoms with E-state index in [1.807, 2.05) is 41.6 Å². The number of aromatic nitrogens is 2. The second kappa shape index (κ2) is 5.89. The van der Waals surface area contributed by atoms with Crippen LogP contribution in [0.1, 0.15) is 12.8 Å². The highest BCUT2D eigenvalue weighted by Gasteiger charge is 2.19.